The number of carbonyl (C=O) groups excluding carboxylic acids is 2. The molecule has 5 N–H and O–H groups in total. The second-order valence-corrected chi connectivity index (χ2v) is 7.65. The number of amides is 2. The summed E-state index contributed by atoms with van der Waals surface area (Å²) in [6.07, 6.45) is 0.190. The van der Waals surface area contributed by atoms with Gasteiger partial charge in [0, 0.05) is 29.9 Å². The Hall–Kier alpha value is -4.34. The third kappa shape index (κ3) is 6.83. The maximum atomic E-state index is 13.0. The summed E-state index contributed by atoms with van der Waals surface area (Å²) in [7, 11) is 0. The molecule has 2 atom stereocenters. The number of hydrogen-bond donors (Lipinski definition) is 5. The summed E-state index contributed by atoms with van der Waals surface area (Å²) in [6, 6.07) is 13.8. The lowest BCUT2D eigenvalue weighted by molar-refractivity contribution is -0.143. The Kier molecular flexibility index (Phi) is 8.22. The number of aromatic amines is 1. The van der Waals surface area contributed by atoms with Crippen LogP contribution in [0, 0.1) is 0 Å². The Morgan fingerprint density at radius 1 is 0.912 bits per heavy atom. The van der Waals surface area contributed by atoms with Crippen molar-refractivity contribution in [1.29, 1.82) is 0 Å². The average molecular weight is 467 g/mol. The van der Waals surface area contributed by atoms with Crippen LogP contribution in [0.2, 0.25) is 0 Å². The molecule has 2 unspecified atom stereocenters. The van der Waals surface area contributed by atoms with Crippen molar-refractivity contribution in [3.05, 3.63) is 71.9 Å². The maximum Gasteiger partial charge on any atom is 0.408 e. The van der Waals surface area contributed by atoms with Crippen LogP contribution >= 0.6 is 0 Å². The topological polar surface area (TPSA) is 158 Å². The standard InChI is InChI=1S/C24H25N3O7/c28-21(29)11-10-19(23(31)32)26-22(30)20(12-16-13-25-18-9-5-4-8-17(16)18)27-24(33)34-14-15-6-2-1-3-7-15/h1-9,13,19-20,25H,10-12,14H2,(H,26,30)(H,27,33)(H,28,29)(H,31,32). The van der Waals surface area contributed by atoms with Gasteiger partial charge in [-0.1, -0.05) is 48.5 Å². The van der Waals surface area contributed by atoms with E-state index in [-0.39, 0.29) is 19.4 Å². The van der Waals surface area contributed by atoms with E-state index in [1.165, 1.54) is 0 Å². The normalized spacial score (nSPS) is 12.5. The van der Waals surface area contributed by atoms with Gasteiger partial charge in [-0.25, -0.2) is 9.59 Å². The molecule has 1 aromatic heterocycles. The summed E-state index contributed by atoms with van der Waals surface area (Å²) >= 11 is 0. The van der Waals surface area contributed by atoms with Crippen molar-refractivity contribution in [3.8, 4) is 0 Å². The first-order valence-corrected chi connectivity index (χ1v) is 10.6. The van der Waals surface area contributed by atoms with Crippen LogP contribution < -0.4 is 10.6 Å². The Morgan fingerprint density at radius 2 is 1.62 bits per heavy atom. The predicted molar refractivity (Wildman–Crippen MR) is 122 cm³/mol. The molecule has 1 heterocycles. The van der Waals surface area contributed by atoms with Gasteiger partial charge in [0.25, 0.3) is 0 Å². The highest BCUT2D eigenvalue weighted by atomic mass is 16.5. The molecule has 3 rings (SSSR count). The van der Waals surface area contributed by atoms with Crippen LogP contribution in [0.5, 0.6) is 0 Å². The monoisotopic (exact) mass is 467 g/mol. The average Bonchev–Trinajstić information content (AvgIpc) is 3.23. The summed E-state index contributed by atoms with van der Waals surface area (Å²) in [4.78, 5) is 50.9. The van der Waals surface area contributed by atoms with Crippen LogP contribution in [0.3, 0.4) is 0 Å². The summed E-state index contributed by atoms with van der Waals surface area (Å²) in [6.45, 7) is -0.00946. The van der Waals surface area contributed by atoms with Gasteiger partial charge in [0.2, 0.25) is 5.91 Å². The second kappa shape index (κ2) is 11.5. The molecule has 0 saturated carbocycles. The molecule has 0 aliphatic carbocycles. The van der Waals surface area contributed by atoms with Gasteiger partial charge in [-0.15, -0.1) is 0 Å². The zero-order valence-electron chi connectivity index (χ0n) is 18.2. The highest BCUT2D eigenvalue weighted by Gasteiger charge is 2.28. The summed E-state index contributed by atoms with van der Waals surface area (Å²) in [5.41, 5.74) is 2.33. The maximum absolute atomic E-state index is 13.0. The van der Waals surface area contributed by atoms with E-state index in [9.17, 15) is 24.3 Å². The van der Waals surface area contributed by atoms with Crippen molar-refractivity contribution >= 4 is 34.8 Å². The van der Waals surface area contributed by atoms with Gasteiger partial charge in [0.15, 0.2) is 0 Å². The molecule has 0 aliphatic rings. The van der Waals surface area contributed by atoms with Crippen molar-refractivity contribution in [2.45, 2.75) is 38.0 Å². The molecule has 2 amide bonds. The Balaban J connectivity index is 1.74. The van der Waals surface area contributed by atoms with E-state index < -0.39 is 42.4 Å². The molecule has 0 aliphatic heterocycles. The van der Waals surface area contributed by atoms with Gasteiger partial charge < -0.3 is 30.6 Å². The van der Waals surface area contributed by atoms with Crippen LogP contribution in [-0.2, 0) is 32.1 Å². The number of carboxylic acids is 2. The number of benzene rings is 2. The molecule has 10 heteroatoms. The van der Waals surface area contributed by atoms with E-state index in [2.05, 4.69) is 15.6 Å². The molecule has 34 heavy (non-hydrogen) atoms. The molecule has 3 aromatic rings. The molecule has 10 nitrogen and oxygen atoms in total. The minimum absolute atomic E-state index is 0.00946. The van der Waals surface area contributed by atoms with Gasteiger partial charge >= 0.3 is 18.0 Å². The highest BCUT2D eigenvalue weighted by molar-refractivity contribution is 5.91. The fourth-order valence-electron chi connectivity index (χ4n) is 3.43. The van der Waals surface area contributed by atoms with Crippen molar-refractivity contribution in [1.82, 2.24) is 15.6 Å². The quantitative estimate of drug-likeness (QED) is 0.290. The minimum Gasteiger partial charge on any atom is -0.481 e. The zero-order chi connectivity index (χ0) is 24.5. The SMILES string of the molecule is O=C(O)CCC(NC(=O)C(Cc1c[nH]c2ccccc12)NC(=O)OCc1ccccc1)C(=O)O. The van der Waals surface area contributed by atoms with E-state index in [0.29, 0.717) is 0 Å². The minimum atomic E-state index is -1.42. The molecule has 0 saturated heterocycles. The number of H-pyrrole nitrogens is 1. The van der Waals surface area contributed by atoms with Crippen LogP contribution in [0.15, 0.2) is 60.8 Å². The van der Waals surface area contributed by atoms with Gasteiger partial charge in [-0.05, 0) is 23.6 Å². The number of hydrogen-bond acceptors (Lipinski definition) is 5. The first-order chi connectivity index (χ1) is 16.3. The lowest BCUT2D eigenvalue weighted by Gasteiger charge is -2.21. The van der Waals surface area contributed by atoms with Crippen LogP contribution in [-0.4, -0.2) is 51.2 Å². The molecule has 2 aromatic carbocycles. The number of carboxylic acid groups (broad SMARTS) is 2. The van der Waals surface area contributed by atoms with Gasteiger partial charge in [0.05, 0.1) is 0 Å². The molecule has 0 radical (unpaired) electrons. The summed E-state index contributed by atoms with van der Waals surface area (Å²) in [5, 5.41) is 23.9. The van der Waals surface area contributed by atoms with Gasteiger partial charge in [0.1, 0.15) is 18.7 Å². The Labute approximate surface area is 194 Å². The highest BCUT2D eigenvalue weighted by Crippen LogP contribution is 2.19. The lowest BCUT2D eigenvalue weighted by Crippen LogP contribution is -2.52. The van der Waals surface area contributed by atoms with Crippen LogP contribution in [0.4, 0.5) is 4.79 Å². The van der Waals surface area contributed by atoms with E-state index in [0.717, 1.165) is 22.0 Å². The number of rotatable bonds is 11. The number of aliphatic carboxylic acids is 2. The van der Waals surface area contributed by atoms with Crippen molar-refractivity contribution in [3.63, 3.8) is 0 Å². The van der Waals surface area contributed by atoms with Crippen molar-refractivity contribution in [2.75, 3.05) is 0 Å². The van der Waals surface area contributed by atoms with Gasteiger partial charge in [-0.3, -0.25) is 9.59 Å². The first-order valence-electron chi connectivity index (χ1n) is 10.6. The van der Waals surface area contributed by atoms with Gasteiger partial charge in [-0.2, -0.15) is 0 Å². The largest absolute Gasteiger partial charge is 0.481 e. The number of nitrogens with one attached hydrogen (secondary N) is 3. The van der Waals surface area contributed by atoms with Crippen molar-refractivity contribution < 1.29 is 34.1 Å². The number of fused-ring (bicyclic) bond motifs is 1. The van der Waals surface area contributed by atoms with E-state index in [1.807, 2.05) is 30.3 Å². The summed E-state index contributed by atoms with van der Waals surface area (Å²) < 4.78 is 5.21. The second-order valence-electron chi connectivity index (χ2n) is 7.65. The third-order valence-electron chi connectivity index (χ3n) is 5.18. The number of alkyl carbamates (subject to hydrolysis) is 1. The number of ether oxygens (including phenoxy) is 1. The van der Waals surface area contributed by atoms with Crippen LogP contribution in [0.1, 0.15) is 24.0 Å². The lowest BCUT2D eigenvalue weighted by atomic mass is 10.0. The molecule has 0 fully saturated rings. The summed E-state index contributed by atoms with van der Waals surface area (Å²) in [5.74, 6) is -3.31. The molecular weight excluding hydrogens is 442 g/mol. The van der Waals surface area contributed by atoms with E-state index >= 15 is 0 Å². The Morgan fingerprint density at radius 3 is 2.32 bits per heavy atom. The Bertz CT molecular complexity index is 1160. The number of aromatic nitrogens is 1. The molecular formula is C24H25N3O7. The predicted octanol–water partition coefficient (Wildman–Crippen LogP) is 2.44. The molecule has 0 spiro atoms. The van der Waals surface area contributed by atoms with Crippen LogP contribution in [0.25, 0.3) is 10.9 Å². The van der Waals surface area contributed by atoms with E-state index in [4.69, 9.17) is 9.84 Å². The molecule has 0 bridgehead atoms. The smallest absolute Gasteiger partial charge is 0.408 e. The fourth-order valence-corrected chi connectivity index (χ4v) is 3.43. The third-order valence-corrected chi connectivity index (χ3v) is 5.18. The number of carbonyl (C=O) groups is 4. The van der Waals surface area contributed by atoms with Crippen molar-refractivity contribution in [2.24, 2.45) is 0 Å². The van der Waals surface area contributed by atoms with E-state index in [1.54, 1.807) is 30.5 Å². The zero-order valence-corrected chi connectivity index (χ0v) is 18.2. The molecule has 178 valence electrons. The first kappa shape index (κ1) is 24.3. The number of para-hydroxylation sites is 1. The fraction of sp³-hybridized carbons (Fsp3) is 0.250.